The summed E-state index contributed by atoms with van der Waals surface area (Å²) in [7, 11) is -3.41. The van der Waals surface area contributed by atoms with Gasteiger partial charge in [-0.1, -0.05) is 0 Å². The van der Waals surface area contributed by atoms with Gasteiger partial charge in [0, 0.05) is 5.70 Å². The van der Waals surface area contributed by atoms with E-state index in [0.717, 1.165) is 0 Å². The van der Waals surface area contributed by atoms with Crippen LogP contribution >= 0.6 is 0 Å². The van der Waals surface area contributed by atoms with Crippen LogP contribution in [0, 0.1) is 0 Å². The Morgan fingerprint density at radius 1 is 1.50 bits per heavy atom. The van der Waals surface area contributed by atoms with Crippen molar-refractivity contribution in [1.29, 1.82) is 0 Å². The molecule has 0 saturated carbocycles. The van der Waals surface area contributed by atoms with Crippen molar-refractivity contribution in [3.8, 4) is 0 Å². The van der Waals surface area contributed by atoms with E-state index >= 15 is 0 Å². The van der Waals surface area contributed by atoms with E-state index in [1.165, 1.54) is 0 Å². The molecule has 10 heavy (non-hydrogen) atoms. The molecule has 4 nitrogen and oxygen atoms in total. The van der Waals surface area contributed by atoms with Gasteiger partial charge in [0.15, 0.2) is 0 Å². The maximum absolute atomic E-state index is 10.7. The van der Waals surface area contributed by atoms with Crippen LogP contribution in [0.4, 0.5) is 0 Å². The van der Waals surface area contributed by atoms with Gasteiger partial charge in [-0.3, -0.25) is 4.72 Å². The van der Waals surface area contributed by atoms with Gasteiger partial charge in [0.2, 0.25) is 0 Å². The molecule has 0 atom stereocenters. The zero-order chi connectivity index (χ0) is 7.78. The Bertz CT molecular complexity index is 300. The Kier molecular flexibility index (Phi) is 1.52. The molecule has 0 fully saturated rings. The molecule has 1 heterocycles. The minimum absolute atomic E-state index is 0.510. The fourth-order valence-corrected chi connectivity index (χ4v) is 1.73. The fraction of sp³-hybridized carbons (Fsp3) is 0.400. The third-order valence-corrected chi connectivity index (χ3v) is 2.09. The highest BCUT2D eigenvalue weighted by atomic mass is 32.2. The molecule has 0 aromatic heterocycles. The Hall–Kier alpha value is -0.840. The van der Waals surface area contributed by atoms with Gasteiger partial charge in [-0.2, -0.15) is 12.8 Å². The second-order valence-electron chi connectivity index (χ2n) is 2.14. The number of nitrogens with one attached hydrogen (secondary N) is 1. The predicted octanol–water partition coefficient (Wildman–Crippen LogP) is 0.199. The molecule has 0 aliphatic carbocycles. The molecule has 0 unspecified atom stereocenters. The first-order valence-corrected chi connectivity index (χ1v) is 4.21. The van der Waals surface area contributed by atoms with E-state index in [1.54, 1.807) is 19.9 Å². The van der Waals surface area contributed by atoms with Crippen LogP contribution in [0.2, 0.25) is 0 Å². The molecule has 0 radical (unpaired) electrons. The summed E-state index contributed by atoms with van der Waals surface area (Å²) >= 11 is 0. The molecular weight excluding hydrogens is 152 g/mol. The van der Waals surface area contributed by atoms with Gasteiger partial charge in [0.25, 0.3) is 0 Å². The molecule has 0 spiro atoms. The van der Waals surface area contributed by atoms with Gasteiger partial charge < -0.3 is 0 Å². The zero-order valence-electron chi connectivity index (χ0n) is 5.75. The van der Waals surface area contributed by atoms with Crippen LogP contribution in [0.25, 0.3) is 0 Å². The standard InChI is InChI=1S/C5H8N2O2S/c1-4-3-5(2)7-10(8,9)6-4/h3,6H,1-2H3. The summed E-state index contributed by atoms with van der Waals surface area (Å²) in [6.07, 6.45) is 1.67. The summed E-state index contributed by atoms with van der Waals surface area (Å²) in [4.78, 5) is 0. The summed E-state index contributed by atoms with van der Waals surface area (Å²) in [6, 6.07) is 0. The van der Waals surface area contributed by atoms with Gasteiger partial charge in [0.05, 0.1) is 5.71 Å². The number of nitrogens with zero attached hydrogens (tertiary/aromatic N) is 1. The topological polar surface area (TPSA) is 58.5 Å². The van der Waals surface area contributed by atoms with E-state index in [-0.39, 0.29) is 0 Å². The molecular formula is C5H8N2O2S. The lowest BCUT2D eigenvalue weighted by Crippen LogP contribution is -2.24. The van der Waals surface area contributed by atoms with E-state index in [4.69, 9.17) is 0 Å². The van der Waals surface area contributed by atoms with Crippen LogP contribution in [-0.2, 0) is 10.2 Å². The lowest BCUT2D eigenvalue weighted by Gasteiger charge is -2.08. The maximum atomic E-state index is 10.7. The highest BCUT2D eigenvalue weighted by molar-refractivity contribution is 7.88. The van der Waals surface area contributed by atoms with E-state index in [2.05, 4.69) is 9.12 Å². The van der Waals surface area contributed by atoms with Crippen LogP contribution in [0.5, 0.6) is 0 Å². The van der Waals surface area contributed by atoms with E-state index < -0.39 is 10.2 Å². The first-order valence-electron chi connectivity index (χ1n) is 2.77. The predicted molar refractivity (Wildman–Crippen MR) is 38.9 cm³/mol. The molecule has 1 N–H and O–H groups in total. The van der Waals surface area contributed by atoms with Gasteiger partial charge in [0.1, 0.15) is 0 Å². The Morgan fingerprint density at radius 2 is 2.10 bits per heavy atom. The van der Waals surface area contributed by atoms with E-state index in [0.29, 0.717) is 11.4 Å². The van der Waals surface area contributed by atoms with Crippen molar-refractivity contribution in [3.63, 3.8) is 0 Å². The van der Waals surface area contributed by atoms with Crippen molar-refractivity contribution in [1.82, 2.24) is 4.72 Å². The average molecular weight is 160 g/mol. The Labute approximate surface area is 59.8 Å². The van der Waals surface area contributed by atoms with Crippen molar-refractivity contribution in [3.05, 3.63) is 11.8 Å². The summed E-state index contributed by atoms with van der Waals surface area (Å²) in [6.45, 7) is 3.32. The van der Waals surface area contributed by atoms with Gasteiger partial charge in [-0.15, -0.1) is 0 Å². The first kappa shape index (κ1) is 7.27. The third-order valence-electron chi connectivity index (χ3n) is 0.980. The van der Waals surface area contributed by atoms with Crippen molar-refractivity contribution in [2.24, 2.45) is 4.40 Å². The number of hydrogen-bond donors (Lipinski definition) is 1. The molecule has 56 valence electrons. The normalized spacial score (nSPS) is 22.6. The molecule has 5 heteroatoms. The molecule has 0 bridgehead atoms. The lowest BCUT2D eigenvalue weighted by atomic mass is 10.3. The Morgan fingerprint density at radius 3 is 2.50 bits per heavy atom. The van der Waals surface area contributed by atoms with E-state index in [9.17, 15) is 8.42 Å². The molecule has 0 saturated heterocycles. The molecule has 0 amide bonds. The minimum Gasteiger partial charge on any atom is -0.269 e. The summed E-state index contributed by atoms with van der Waals surface area (Å²) in [5.74, 6) is 0. The van der Waals surface area contributed by atoms with Crippen LogP contribution in [0.1, 0.15) is 13.8 Å². The van der Waals surface area contributed by atoms with E-state index in [1.807, 2.05) is 0 Å². The monoisotopic (exact) mass is 160 g/mol. The lowest BCUT2D eigenvalue weighted by molar-refractivity contribution is 0.590. The number of rotatable bonds is 0. The number of allylic oxidation sites excluding steroid dienone is 2. The first-order chi connectivity index (χ1) is 4.49. The summed E-state index contributed by atoms with van der Waals surface area (Å²) in [5, 5.41) is 0. The second kappa shape index (κ2) is 2.09. The van der Waals surface area contributed by atoms with Crippen LogP contribution in [0.15, 0.2) is 16.2 Å². The van der Waals surface area contributed by atoms with Gasteiger partial charge >= 0.3 is 10.2 Å². The summed E-state index contributed by atoms with van der Waals surface area (Å²) < 4.78 is 27.1. The van der Waals surface area contributed by atoms with Crippen LogP contribution < -0.4 is 4.72 Å². The van der Waals surface area contributed by atoms with Crippen molar-refractivity contribution in [2.45, 2.75) is 13.8 Å². The molecule has 0 aromatic rings. The zero-order valence-corrected chi connectivity index (χ0v) is 6.57. The highest BCUT2D eigenvalue weighted by Gasteiger charge is 2.11. The van der Waals surface area contributed by atoms with Crippen molar-refractivity contribution < 1.29 is 8.42 Å². The quantitative estimate of drug-likeness (QED) is 0.550. The van der Waals surface area contributed by atoms with Crippen molar-refractivity contribution >= 4 is 15.9 Å². The minimum atomic E-state index is -3.41. The smallest absolute Gasteiger partial charge is 0.269 e. The highest BCUT2D eigenvalue weighted by Crippen LogP contribution is 2.02. The van der Waals surface area contributed by atoms with Gasteiger partial charge in [-0.05, 0) is 19.9 Å². The van der Waals surface area contributed by atoms with Crippen molar-refractivity contribution in [2.75, 3.05) is 0 Å². The molecule has 1 aliphatic rings. The molecule has 1 rings (SSSR count). The number of hydrogen-bond acceptors (Lipinski definition) is 2. The Balaban J connectivity index is 3.11. The fourth-order valence-electron chi connectivity index (χ4n) is 0.785. The average Bonchev–Trinajstić information content (AvgIpc) is 1.54. The summed E-state index contributed by atoms with van der Waals surface area (Å²) in [5.41, 5.74) is 1.11. The second-order valence-corrected chi connectivity index (χ2v) is 3.47. The van der Waals surface area contributed by atoms with Gasteiger partial charge in [-0.25, -0.2) is 0 Å². The third kappa shape index (κ3) is 1.57. The maximum Gasteiger partial charge on any atom is 0.342 e. The SMILES string of the molecule is CC1=CC(C)=NS(=O)(=O)N1. The largest absolute Gasteiger partial charge is 0.342 e. The molecule has 1 aliphatic heterocycles. The van der Waals surface area contributed by atoms with Crippen LogP contribution in [-0.4, -0.2) is 14.1 Å². The molecule has 0 aromatic carbocycles. The van der Waals surface area contributed by atoms with Crippen LogP contribution in [0.3, 0.4) is 0 Å².